The molecule has 2 amide bonds. The van der Waals surface area contributed by atoms with E-state index >= 15 is 0 Å². The second-order valence-corrected chi connectivity index (χ2v) is 5.21. The number of hydrogen-bond donors (Lipinski definition) is 2. The van der Waals surface area contributed by atoms with Crippen molar-refractivity contribution in [2.24, 2.45) is 5.92 Å². The van der Waals surface area contributed by atoms with Gasteiger partial charge in [-0.05, 0) is 5.92 Å². The van der Waals surface area contributed by atoms with Crippen molar-refractivity contribution in [2.45, 2.75) is 26.7 Å². The molecule has 7 nitrogen and oxygen atoms in total. The first kappa shape index (κ1) is 20.8. The standard InChI is InChI=1S/C15H30N2O5/c1-13(2)12-15(19)17-5-7-21-9-11-22-10-8-20-6-4-14(18)16-3/h13H,4-12H2,1-3H3,(H,16,18)(H,17,19). The van der Waals surface area contributed by atoms with Crippen molar-refractivity contribution in [1.82, 2.24) is 10.6 Å². The van der Waals surface area contributed by atoms with Crippen molar-refractivity contribution >= 4 is 11.8 Å². The van der Waals surface area contributed by atoms with Gasteiger partial charge in [0.25, 0.3) is 0 Å². The lowest BCUT2D eigenvalue weighted by atomic mass is 10.1. The molecular weight excluding hydrogens is 288 g/mol. The van der Waals surface area contributed by atoms with Gasteiger partial charge in [-0.15, -0.1) is 0 Å². The Hall–Kier alpha value is -1.18. The Morgan fingerprint density at radius 2 is 1.41 bits per heavy atom. The number of ether oxygens (including phenoxy) is 3. The summed E-state index contributed by atoms with van der Waals surface area (Å²) < 4.78 is 15.9. The van der Waals surface area contributed by atoms with E-state index in [1.165, 1.54) is 0 Å². The van der Waals surface area contributed by atoms with Gasteiger partial charge in [-0.2, -0.15) is 0 Å². The van der Waals surface area contributed by atoms with Crippen molar-refractivity contribution in [3.63, 3.8) is 0 Å². The van der Waals surface area contributed by atoms with Gasteiger partial charge in [0, 0.05) is 26.4 Å². The van der Waals surface area contributed by atoms with Crippen LogP contribution in [0.5, 0.6) is 0 Å². The minimum atomic E-state index is -0.0326. The third-order valence-electron chi connectivity index (χ3n) is 2.66. The summed E-state index contributed by atoms with van der Waals surface area (Å²) in [6, 6.07) is 0. The Morgan fingerprint density at radius 3 is 1.95 bits per heavy atom. The lowest BCUT2D eigenvalue weighted by Gasteiger charge is -2.08. The molecule has 0 rings (SSSR count). The smallest absolute Gasteiger partial charge is 0.222 e. The molecule has 0 saturated heterocycles. The average molecular weight is 318 g/mol. The van der Waals surface area contributed by atoms with E-state index in [9.17, 15) is 9.59 Å². The average Bonchev–Trinajstić information content (AvgIpc) is 2.47. The largest absolute Gasteiger partial charge is 0.379 e. The first-order valence-corrected chi connectivity index (χ1v) is 7.76. The van der Waals surface area contributed by atoms with E-state index in [0.29, 0.717) is 64.9 Å². The van der Waals surface area contributed by atoms with Crippen LogP contribution < -0.4 is 10.6 Å². The molecule has 130 valence electrons. The van der Waals surface area contributed by atoms with Crippen molar-refractivity contribution < 1.29 is 23.8 Å². The molecule has 0 atom stereocenters. The van der Waals surface area contributed by atoms with Crippen LogP contribution in [-0.4, -0.2) is 65.0 Å². The third kappa shape index (κ3) is 15.2. The van der Waals surface area contributed by atoms with Gasteiger partial charge >= 0.3 is 0 Å². The molecule has 0 aromatic rings. The zero-order chi connectivity index (χ0) is 16.6. The molecule has 0 aliphatic rings. The third-order valence-corrected chi connectivity index (χ3v) is 2.66. The summed E-state index contributed by atoms with van der Waals surface area (Å²) >= 11 is 0. The highest BCUT2D eigenvalue weighted by Crippen LogP contribution is 1.97. The van der Waals surface area contributed by atoms with Crippen molar-refractivity contribution in [3.05, 3.63) is 0 Å². The molecule has 0 aliphatic heterocycles. The van der Waals surface area contributed by atoms with Gasteiger partial charge in [-0.25, -0.2) is 0 Å². The lowest BCUT2D eigenvalue weighted by molar-refractivity contribution is -0.122. The van der Waals surface area contributed by atoms with E-state index in [0.717, 1.165) is 0 Å². The molecule has 0 bridgehead atoms. The van der Waals surface area contributed by atoms with Gasteiger partial charge in [0.05, 0.1) is 39.6 Å². The number of carbonyl (C=O) groups is 2. The van der Waals surface area contributed by atoms with Gasteiger partial charge in [-0.3, -0.25) is 9.59 Å². The number of rotatable bonds is 14. The van der Waals surface area contributed by atoms with E-state index < -0.39 is 0 Å². The highest BCUT2D eigenvalue weighted by Gasteiger charge is 2.03. The summed E-state index contributed by atoms with van der Waals surface area (Å²) in [4.78, 5) is 22.2. The Labute approximate surface area is 133 Å². The molecule has 0 radical (unpaired) electrons. The molecule has 0 aromatic heterocycles. The topological polar surface area (TPSA) is 85.9 Å². The van der Waals surface area contributed by atoms with E-state index in [2.05, 4.69) is 10.6 Å². The van der Waals surface area contributed by atoms with Gasteiger partial charge in [-0.1, -0.05) is 13.8 Å². The van der Waals surface area contributed by atoms with Crippen molar-refractivity contribution in [2.75, 3.05) is 53.2 Å². The molecule has 22 heavy (non-hydrogen) atoms. The number of hydrogen-bond acceptors (Lipinski definition) is 5. The second kappa shape index (κ2) is 14.7. The van der Waals surface area contributed by atoms with Crippen LogP contribution in [0, 0.1) is 5.92 Å². The van der Waals surface area contributed by atoms with Gasteiger partial charge in [0.15, 0.2) is 0 Å². The first-order valence-electron chi connectivity index (χ1n) is 7.76. The molecule has 0 unspecified atom stereocenters. The normalized spacial score (nSPS) is 10.7. The van der Waals surface area contributed by atoms with Gasteiger partial charge < -0.3 is 24.8 Å². The van der Waals surface area contributed by atoms with Crippen LogP contribution in [0.15, 0.2) is 0 Å². The van der Waals surface area contributed by atoms with E-state index in [1.807, 2.05) is 13.8 Å². The van der Waals surface area contributed by atoms with E-state index in [4.69, 9.17) is 14.2 Å². The van der Waals surface area contributed by atoms with Crippen LogP contribution in [0.3, 0.4) is 0 Å². The summed E-state index contributed by atoms with van der Waals surface area (Å²) in [6.45, 7) is 7.33. The number of nitrogens with one attached hydrogen (secondary N) is 2. The number of carbonyl (C=O) groups excluding carboxylic acids is 2. The Kier molecular flexibility index (Phi) is 14.0. The number of amides is 2. The quantitative estimate of drug-likeness (QED) is 0.451. The van der Waals surface area contributed by atoms with Crippen LogP contribution in [0.1, 0.15) is 26.7 Å². The van der Waals surface area contributed by atoms with Crippen LogP contribution in [-0.2, 0) is 23.8 Å². The molecule has 7 heteroatoms. The molecule has 0 spiro atoms. The van der Waals surface area contributed by atoms with Crippen molar-refractivity contribution in [1.29, 1.82) is 0 Å². The lowest BCUT2D eigenvalue weighted by Crippen LogP contribution is -2.28. The Morgan fingerprint density at radius 1 is 0.864 bits per heavy atom. The summed E-state index contributed by atoms with van der Waals surface area (Å²) in [5.74, 6) is 0.395. The first-order chi connectivity index (χ1) is 10.6. The summed E-state index contributed by atoms with van der Waals surface area (Å²) in [5, 5.41) is 5.32. The predicted octanol–water partition coefficient (Wildman–Crippen LogP) is 0.335. The molecular formula is C15H30N2O5. The Balaban J connectivity index is 3.14. The van der Waals surface area contributed by atoms with Crippen LogP contribution in [0.2, 0.25) is 0 Å². The second-order valence-electron chi connectivity index (χ2n) is 5.21. The summed E-state index contributed by atoms with van der Waals surface area (Å²) in [6.07, 6.45) is 0.908. The molecule has 0 fully saturated rings. The molecule has 2 N–H and O–H groups in total. The van der Waals surface area contributed by atoms with E-state index in [-0.39, 0.29) is 11.8 Å². The fourth-order valence-corrected chi connectivity index (χ4v) is 1.54. The van der Waals surface area contributed by atoms with Crippen molar-refractivity contribution in [3.8, 4) is 0 Å². The molecule has 0 aromatic carbocycles. The van der Waals surface area contributed by atoms with Crippen LogP contribution >= 0.6 is 0 Å². The fraction of sp³-hybridized carbons (Fsp3) is 0.867. The van der Waals surface area contributed by atoms with Gasteiger partial charge in [0.2, 0.25) is 11.8 Å². The van der Waals surface area contributed by atoms with Crippen LogP contribution in [0.4, 0.5) is 0 Å². The highest BCUT2D eigenvalue weighted by atomic mass is 16.5. The highest BCUT2D eigenvalue weighted by molar-refractivity contribution is 5.76. The predicted molar refractivity (Wildman–Crippen MR) is 83.6 cm³/mol. The maximum atomic E-state index is 11.3. The SMILES string of the molecule is CNC(=O)CCOCCOCCOCCNC(=O)CC(C)C. The zero-order valence-corrected chi connectivity index (χ0v) is 14.0. The summed E-state index contributed by atoms with van der Waals surface area (Å²) in [7, 11) is 1.60. The maximum Gasteiger partial charge on any atom is 0.222 e. The molecule has 0 saturated carbocycles. The summed E-state index contributed by atoms with van der Waals surface area (Å²) in [5.41, 5.74) is 0. The minimum absolute atomic E-state index is 0.0326. The van der Waals surface area contributed by atoms with Gasteiger partial charge in [0.1, 0.15) is 0 Å². The monoisotopic (exact) mass is 318 g/mol. The zero-order valence-electron chi connectivity index (χ0n) is 14.0. The molecule has 0 heterocycles. The molecule has 0 aliphatic carbocycles. The fourth-order valence-electron chi connectivity index (χ4n) is 1.54. The van der Waals surface area contributed by atoms with E-state index in [1.54, 1.807) is 7.05 Å². The minimum Gasteiger partial charge on any atom is -0.379 e. The maximum absolute atomic E-state index is 11.3. The van der Waals surface area contributed by atoms with Crippen LogP contribution in [0.25, 0.3) is 0 Å². The Bertz CT molecular complexity index is 298.